The van der Waals surface area contributed by atoms with Gasteiger partial charge in [0.05, 0.1) is 17.5 Å². The molecular weight excluding hydrogens is 390 g/mol. The zero-order valence-corrected chi connectivity index (χ0v) is 18.1. The second kappa shape index (κ2) is 7.43. The van der Waals surface area contributed by atoms with E-state index in [0.29, 0.717) is 33.5 Å². The lowest BCUT2D eigenvalue weighted by molar-refractivity contribution is -0.116. The van der Waals surface area contributed by atoms with E-state index in [2.05, 4.69) is 23.0 Å². The van der Waals surface area contributed by atoms with Crippen LogP contribution >= 0.6 is 0 Å². The molecular formula is C23H25N7O. The van der Waals surface area contributed by atoms with Gasteiger partial charge in [0.15, 0.2) is 0 Å². The SMILES string of the molecule is CCc1cccc(N2C(=O)Cc3c2nc(N)c2c(N)nc(N(C)C(C)C)c(C#N)c32)c1. The maximum atomic E-state index is 13.1. The summed E-state index contributed by atoms with van der Waals surface area (Å²) in [5, 5.41) is 11.0. The summed E-state index contributed by atoms with van der Waals surface area (Å²) in [6.07, 6.45) is 0.958. The summed E-state index contributed by atoms with van der Waals surface area (Å²) in [6, 6.07) is 10.1. The smallest absolute Gasteiger partial charge is 0.237 e. The summed E-state index contributed by atoms with van der Waals surface area (Å²) in [7, 11) is 1.86. The maximum Gasteiger partial charge on any atom is 0.237 e. The minimum absolute atomic E-state index is 0.0959. The number of nitrogens with zero attached hydrogens (tertiary/aromatic N) is 5. The predicted molar refractivity (Wildman–Crippen MR) is 123 cm³/mol. The summed E-state index contributed by atoms with van der Waals surface area (Å²) in [5.74, 6) is 1.14. The third-order valence-electron chi connectivity index (χ3n) is 5.85. The number of anilines is 5. The molecule has 158 valence electrons. The number of amides is 1. The van der Waals surface area contributed by atoms with E-state index in [1.165, 1.54) is 0 Å². The largest absolute Gasteiger partial charge is 0.383 e. The van der Waals surface area contributed by atoms with Crippen LogP contribution in [-0.2, 0) is 17.6 Å². The van der Waals surface area contributed by atoms with Crippen molar-refractivity contribution >= 4 is 45.6 Å². The van der Waals surface area contributed by atoms with E-state index in [9.17, 15) is 10.1 Å². The molecule has 3 aromatic rings. The summed E-state index contributed by atoms with van der Waals surface area (Å²) in [5.41, 5.74) is 15.4. The molecule has 0 aliphatic carbocycles. The molecule has 8 nitrogen and oxygen atoms in total. The van der Waals surface area contributed by atoms with Gasteiger partial charge in [-0.15, -0.1) is 0 Å². The van der Waals surface area contributed by atoms with Crippen molar-refractivity contribution in [3.63, 3.8) is 0 Å². The third-order valence-corrected chi connectivity index (χ3v) is 5.85. The van der Waals surface area contributed by atoms with Crippen LogP contribution < -0.4 is 21.3 Å². The molecule has 0 bridgehead atoms. The van der Waals surface area contributed by atoms with Crippen molar-refractivity contribution < 1.29 is 4.79 Å². The lowest BCUT2D eigenvalue weighted by Crippen LogP contribution is -2.28. The summed E-state index contributed by atoms with van der Waals surface area (Å²) >= 11 is 0. The zero-order chi connectivity index (χ0) is 22.4. The Bertz CT molecular complexity index is 1260. The normalized spacial score (nSPS) is 13.0. The molecule has 0 fully saturated rings. The number of carbonyl (C=O) groups is 1. The molecule has 0 atom stereocenters. The van der Waals surface area contributed by atoms with Gasteiger partial charge in [-0.05, 0) is 38.0 Å². The Morgan fingerprint density at radius 1 is 1.23 bits per heavy atom. The van der Waals surface area contributed by atoms with Crippen LogP contribution in [0.4, 0.5) is 29.0 Å². The summed E-state index contributed by atoms with van der Waals surface area (Å²) in [4.78, 5) is 25.6. The van der Waals surface area contributed by atoms with E-state index in [4.69, 9.17) is 11.5 Å². The number of nitriles is 1. The third kappa shape index (κ3) is 3.10. The number of nitrogens with two attached hydrogens (primary N) is 2. The Hall–Kier alpha value is -3.86. The van der Waals surface area contributed by atoms with Gasteiger partial charge in [0.2, 0.25) is 5.91 Å². The molecule has 0 radical (unpaired) electrons. The van der Waals surface area contributed by atoms with Gasteiger partial charge in [-0.1, -0.05) is 19.1 Å². The molecule has 3 heterocycles. The molecule has 1 aliphatic rings. The van der Waals surface area contributed by atoms with Gasteiger partial charge >= 0.3 is 0 Å². The first-order valence-electron chi connectivity index (χ1n) is 10.2. The van der Waals surface area contributed by atoms with Crippen LogP contribution in [0.2, 0.25) is 0 Å². The highest BCUT2D eigenvalue weighted by molar-refractivity contribution is 6.15. The molecule has 8 heteroatoms. The van der Waals surface area contributed by atoms with E-state index in [1.807, 2.05) is 50.1 Å². The van der Waals surface area contributed by atoms with Gasteiger partial charge in [0, 0.05) is 24.0 Å². The number of aryl methyl sites for hydroxylation is 1. The molecule has 2 aromatic heterocycles. The molecule has 1 amide bonds. The van der Waals surface area contributed by atoms with E-state index in [0.717, 1.165) is 17.7 Å². The number of nitrogen functional groups attached to an aromatic ring is 2. The van der Waals surface area contributed by atoms with E-state index < -0.39 is 0 Å². The molecule has 4 rings (SSSR count). The second-order valence-corrected chi connectivity index (χ2v) is 7.99. The zero-order valence-electron chi connectivity index (χ0n) is 18.1. The molecule has 0 spiro atoms. The maximum absolute atomic E-state index is 13.1. The minimum atomic E-state index is -0.124. The van der Waals surface area contributed by atoms with Crippen LogP contribution in [-0.4, -0.2) is 29.0 Å². The van der Waals surface area contributed by atoms with Crippen LogP contribution in [0.3, 0.4) is 0 Å². The summed E-state index contributed by atoms with van der Waals surface area (Å²) in [6.45, 7) is 6.06. The van der Waals surface area contributed by atoms with Crippen molar-refractivity contribution in [3.05, 3.63) is 41.0 Å². The van der Waals surface area contributed by atoms with Crippen LogP contribution in [0.1, 0.15) is 37.5 Å². The number of rotatable bonds is 4. The van der Waals surface area contributed by atoms with Crippen molar-refractivity contribution in [2.45, 2.75) is 39.7 Å². The Kier molecular flexibility index (Phi) is 4.90. The number of pyridine rings is 2. The molecule has 0 saturated carbocycles. The highest BCUT2D eigenvalue weighted by Gasteiger charge is 2.35. The monoisotopic (exact) mass is 415 g/mol. The predicted octanol–water partition coefficient (Wildman–Crippen LogP) is 3.29. The van der Waals surface area contributed by atoms with E-state index in [-0.39, 0.29) is 30.0 Å². The fourth-order valence-corrected chi connectivity index (χ4v) is 3.99. The molecule has 1 aromatic carbocycles. The van der Waals surface area contributed by atoms with Crippen LogP contribution in [0, 0.1) is 11.3 Å². The molecule has 1 aliphatic heterocycles. The van der Waals surface area contributed by atoms with E-state index >= 15 is 0 Å². The minimum Gasteiger partial charge on any atom is -0.383 e. The van der Waals surface area contributed by atoms with Gasteiger partial charge in [0.1, 0.15) is 34.9 Å². The number of hydrogen-bond acceptors (Lipinski definition) is 7. The highest BCUT2D eigenvalue weighted by atomic mass is 16.2. The Labute approximate surface area is 181 Å². The first-order valence-corrected chi connectivity index (χ1v) is 10.2. The lowest BCUT2D eigenvalue weighted by atomic mass is 10.00. The average Bonchev–Trinajstić information content (AvgIpc) is 3.08. The fourth-order valence-electron chi connectivity index (χ4n) is 3.99. The van der Waals surface area contributed by atoms with Crippen LogP contribution in [0.15, 0.2) is 24.3 Å². The van der Waals surface area contributed by atoms with Crippen molar-refractivity contribution in [1.29, 1.82) is 5.26 Å². The Morgan fingerprint density at radius 2 is 1.94 bits per heavy atom. The molecule has 0 saturated heterocycles. The van der Waals surface area contributed by atoms with E-state index in [1.54, 1.807) is 4.90 Å². The van der Waals surface area contributed by atoms with Crippen molar-refractivity contribution in [1.82, 2.24) is 9.97 Å². The first kappa shape index (κ1) is 20.4. The van der Waals surface area contributed by atoms with Gasteiger partial charge < -0.3 is 16.4 Å². The quantitative estimate of drug-likeness (QED) is 0.669. The second-order valence-electron chi connectivity index (χ2n) is 7.99. The van der Waals surface area contributed by atoms with Gasteiger partial charge in [-0.3, -0.25) is 9.69 Å². The Balaban J connectivity index is 2.05. The lowest BCUT2D eigenvalue weighted by Gasteiger charge is -2.25. The fraction of sp³-hybridized carbons (Fsp3) is 0.304. The van der Waals surface area contributed by atoms with Crippen molar-refractivity contribution in [2.75, 3.05) is 28.3 Å². The number of aromatic nitrogens is 2. The van der Waals surface area contributed by atoms with Crippen LogP contribution in [0.5, 0.6) is 0 Å². The number of fused-ring (bicyclic) bond motifs is 3. The molecule has 4 N–H and O–H groups in total. The standard InChI is InChI=1S/C23H25N7O/c1-5-13-7-6-8-14(9-13)30-17(31)10-15-18-16(11-24)22(29(4)12(2)3)27-20(25)19(18)21(26)28-23(15)30/h6-9,12H,5,10H2,1-4H3,(H2,25,27)(H2,26,28). The Morgan fingerprint density at radius 3 is 2.58 bits per heavy atom. The highest BCUT2D eigenvalue weighted by Crippen LogP contribution is 2.44. The first-order chi connectivity index (χ1) is 14.8. The number of carbonyl (C=O) groups excluding carboxylic acids is 1. The van der Waals surface area contributed by atoms with Crippen molar-refractivity contribution in [3.8, 4) is 6.07 Å². The average molecular weight is 416 g/mol. The van der Waals surface area contributed by atoms with Crippen LogP contribution in [0.25, 0.3) is 10.8 Å². The van der Waals surface area contributed by atoms with Gasteiger partial charge in [-0.2, -0.15) is 5.26 Å². The molecule has 31 heavy (non-hydrogen) atoms. The topological polar surface area (TPSA) is 125 Å². The number of hydrogen-bond donors (Lipinski definition) is 2. The molecule has 0 unspecified atom stereocenters. The van der Waals surface area contributed by atoms with Gasteiger partial charge in [-0.25, -0.2) is 9.97 Å². The van der Waals surface area contributed by atoms with Crippen molar-refractivity contribution in [2.24, 2.45) is 0 Å². The summed E-state index contributed by atoms with van der Waals surface area (Å²) < 4.78 is 0. The van der Waals surface area contributed by atoms with Gasteiger partial charge in [0.25, 0.3) is 0 Å². The number of benzene rings is 1.